The SMILES string of the molecule is C=CC(=O)N1[C@H](c2cc(Cl)nc(-c3ccnc(C)n3)c2)COC[C@H]1C(F)F. The second-order valence-corrected chi connectivity index (χ2v) is 6.39. The minimum atomic E-state index is -2.75. The van der Waals surface area contributed by atoms with Crippen molar-refractivity contribution in [3.05, 3.63) is 53.6 Å². The molecule has 3 rings (SSSR count). The number of hydrogen-bond acceptors (Lipinski definition) is 5. The minimum Gasteiger partial charge on any atom is -0.377 e. The summed E-state index contributed by atoms with van der Waals surface area (Å²) in [5.41, 5.74) is 1.52. The van der Waals surface area contributed by atoms with Crippen LogP contribution in [0.15, 0.2) is 37.1 Å². The third kappa shape index (κ3) is 4.12. The minimum absolute atomic E-state index is 0.0609. The van der Waals surface area contributed by atoms with Gasteiger partial charge in [0.15, 0.2) is 0 Å². The highest BCUT2D eigenvalue weighted by molar-refractivity contribution is 6.29. The number of hydrogen-bond donors (Lipinski definition) is 0. The lowest BCUT2D eigenvalue weighted by molar-refractivity contribution is -0.151. The van der Waals surface area contributed by atoms with Gasteiger partial charge in [-0.1, -0.05) is 18.2 Å². The van der Waals surface area contributed by atoms with E-state index in [1.165, 1.54) is 6.07 Å². The Balaban J connectivity index is 2.05. The van der Waals surface area contributed by atoms with Gasteiger partial charge < -0.3 is 9.64 Å². The summed E-state index contributed by atoms with van der Waals surface area (Å²) in [5.74, 6) is -0.0426. The predicted octanol–water partition coefficient (Wildman–Crippen LogP) is 3.22. The zero-order valence-electron chi connectivity index (χ0n) is 14.5. The number of alkyl halides is 2. The van der Waals surface area contributed by atoms with E-state index in [9.17, 15) is 13.6 Å². The molecule has 27 heavy (non-hydrogen) atoms. The van der Waals surface area contributed by atoms with Crippen LogP contribution in [-0.4, -0.2) is 51.4 Å². The number of aromatic nitrogens is 3. The molecule has 0 N–H and O–H groups in total. The van der Waals surface area contributed by atoms with E-state index in [4.69, 9.17) is 16.3 Å². The van der Waals surface area contributed by atoms with Crippen molar-refractivity contribution in [3.63, 3.8) is 0 Å². The maximum Gasteiger partial charge on any atom is 0.260 e. The second kappa shape index (κ2) is 8.06. The van der Waals surface area contributed by atoms with Gasteiger partial charge >= 0.3 is 0 Å². The molecule has 9 heteroatoms. The number of rotatable bonds is 4. The quantitative estimate of drug-likeness (QED) is 0.588. The molecule has 0 spiro atoms. The summed E-state index contributed by atoms with van der Waals surface area (Å²) in [5, 5.41) is 0.156. The Hall–Kier alpha value is -2.45. The lowest BCUT2D eigenvalue weighted by atomic mass is 10.0. The maximum atomic E-state index is 13.5. The summed E-state index contributed by atoms with van der Waals surface area (Å²) in [7, 11) is 0. The smallest absolute Gasteiger partial charge is 0.260 e. The molecule has 0 bridgehead atoms. The zero-order chi connectivity index (χ0) is 19.6. The molecular weight excluding hydrogens is 378 g/mol. The first-order valence-corrected chi connectivity index (χ1v) is 8.56. The Morgan fingerprint density at radius 2 is 2.15 bits per heavy atom. The van der Waals surface area contributed by atoms with Gasteiger partial charge in [-0.25, -0.2) is 23.7 Å². The molecule has 2 aromatic heterocycles. The molecule has 0 unspecified atom stereocenters. The van der Waals surface area contributed by atoms with Crippen LogP contribution in [0, 0.1) is 6.92 Å². The lowest BCUT2D eigenvalue weighted by Gasteiger charge is -2.41. The predicted molar refractivity (Wildman–Crippen MR) is 95.4 cm³/mol. The van der Waals surface area contributed by atoms with Crippen molar-refractivity contribution in [1.29, 1.82) is 0 Å². The van der Waals surface area contributed by atoms with Crippen molar-refractivity contribution in [3.8, 4) is 11.4 Å². The van der Waals surface area contributed by atoms with Gasteiger partial charge in [0.25, 0.3) is 6.43 Å². The molecule has 3 heterocycles. The fourth-order valence-corrected chi connectivity index (χ4v) is 3.22. The van der Waals surface area contributed by atoms with Crippen LogP contribution >= 0.6 is 11.6 Å². The summed E-state index contributed by atoms with van der Waals surface area (Å²) in [6.45, 7) is 4.97. The monoisotopic (exact) mass is 394 g/mol. The summed E-state index contributed by atoms with van der Waals surface area (Å²) < 4.78 is 32.3. The van der Waals surface area contributed by atoms with E-state index < -0.39 is 24.4 Å². The van der Waals surface area contributed by atoms with Gasteiger partial charge in [-0.3, -0.25) is 4.79 Å². The number of aryl methyl sites for hydroxylation is 1. The average Bonchev–Trinajstić information content (AvgIpc) is 2.66. The maximum absolute atomic E-state index is 13.5. The van der Waals surface area contributed by atoms with Crippen LogP contribution in [0.25, 0.3) is 11.4 Å². The molecule has 1 aliphatic heterocycles. The van der Waals surface area contributed by atoms with Gasteiger partial charge in [-0.05, 0) is 36.8 Å². The summed E-state index contributed by atoms with van der Waals surface area (Å²) >= 11 is 6.15. The summed E-state index contributed by atoms with van der Waals surface area (Å²) in [6.07, 6.45) is -0.146. The van der Waals surface area contributed by atoms with Gasteiger partial charge in [0.2, 0.25) is 5.91 Å². The normalized spacial score (nSPS) is 20.0. The molecule has 142 valence electrons. The Bertz CT molecular complexity index is 865. The molecule has 0 saturated carbocycles. The number of carbonyl (C=O) groups excluding carboxylic acids is 1. The molecule has 0 aromatic carbocycles. The van der Waals surface area contributed by atoms with Crippen LogP contribution in [0.2, 0.25) is 5.15 Å². The number of amides is 1. The average molecular weight is 395 g/mol. The van der Waals surface area contributed by atoms with E-state index in [2.05, 4.69) is 21.5 Å². The van der Waals surface area contributed by atoms with Gasteiger partial charge in [0.05, 0.1) is 30.6 Å². The second-order valence-electron chi connectivity index (χ2n) is 6.00. The van der Waals surface area contributed by atoms with E-state index in [1.54, 1.807) is 25.3 Å². The third-order valence-corrected chi connectivity index (χ3v) is 4.41. The highest BCUT2D eigenvalue weighted by Gasteiger charge is 2.40. The van der Waals surface area contributed by atoms with E-state index in [0.29, 0.717) is 22.8 Å². The highest BCUT2D eigenvalue weighted by Crippen LogP contribution is 2.33. The molecule has 2 aromatic rings. The molecule has 1 fully saturated rings. The van der Waals surface area contributed by atoms with Crippen LogP contribution in [0.3, 0.4) is 0 Å². The van der Waals surface area contributed by atoms with Crippen molar-refractivity contribution in [2.75, 3.05) is 13.2 Å². The molecular formula is C18H17ClF2N4O2. The van der Waals surface area contributed by atoms with Crippen LogP contribution in [-0.2, 0) is 9.53 Å². The van der Waals surface area contributed by atoms with Crippen molar-refractivity contribution in [2.45, 2.75) is 25.4 Å². The van der Waals surface area contributed by atoms with Gasteiger partial charge in [-0.15, -0.1) is 0 Å². The van der Waals surface area contributed by atoms with Gasteiger partial charge in [0, 0.05) is 6.20 Å². The third-order valence-electron chi connectivity index (χ3n) is 4.22. The van der Waals surface area contributed by atoms with Crippen molar-refractivity contribution in [2.24, 2.45) is 0 Å². The number of morpholine rings is 1. The highest BCUT2D eigenvalue weighted by atomic mass is 35.5. The largest absolute Gasteiger partial charge is 0.377 e. The lowest BCUT2D eigenvalue weighted by Crippen LogP contribution is -2.53. The first kappa shape index (κ1) is 19.3. The van der Waals surface area contributed by atoms with E-state index >= 15 is 0 Å². The van der Waals surface area contributed by atoms with Crippen LogP contribution in [0.1, 0.15) is 17.4 Å². The number of halogens is 3. The first-order valence-electron chi connectivity index (χ1n) is 8.19. The zero-order valence-corrected chi connectivity index (χ0v) is 15.2. The number of nitrogens with zero attached hydrogens (tertiary/aromatic N) is 4. The molecule has 1 amide bonds. The number of pyridine rings is 1. The first-order chi connectivity index (χ1) is 12.9. The van der Waals surface area contributed by atoms with Crippen molar-refractivity contribution < 1.29 is 18.3 Å². The Labute approximate surface area is 159 Å². The summed E-state index contributed by atoms with van der Waals surface area (Å²) in [4.78, 5) is 26.0. The van der Waals surface area contributed by atoms with Crippen molar-refractivity contribution >= 4 is 17.5 Å². The van der Waals surface area contributed by atoms with Gasteiger partial charge in [-0.2, -0.15) is 0 Å². The Kier molecular flexibility index (Phi) is 5.76. The number of ether oxygens (including phenoxy) is 1. The summed E-state index contributed by atoms with van der Waals surface area (Å²) in [6, 6.07) is 2.75. The van der Waals surface area contributed by atoms with Crippen molar-refractivity contribution in [1.82, 2.24) is 19.9 Å². The van der Waals surface area contributed by atoms with E-state index in [0.717, 1.165) is 11.0 Å². The Morgan fingerprint density at radius 1 is 1.37 bits per heavy atom. The Morgan fingerprint density at radius 3 is 2.81 bits per heavy atom. The van der Waals surface area contributed by atoms with Gasteiger partial charge in [0.1, 0.15) is 17.0 Å². The van der Waals surface area contributed by atoms with E-state index in [1.807, 2.05) is 0 Å². The molecule has 6 nitrogen and oxygen atoms in total. The fraction of sp³-hybridized carbons (Fsp3) is 0.333. The standard InChI is InChI=1S/C18H17ClF2N4O2/c1-3-17(26)25-14(8-27-9-15(25)18(20)21)11-6-13(24-16(19)7-11)12-4-5-22-10(2)23-12/h3-7,14-15,18H,1,8-9H2,2H3/t14-,15-/m0/s1. The van der Waals surface area contributed by atoms with E-state index in [-0.39, 0.29) is 18.4 Å². The molecule has 0 radical (unpaired) electrons. The molecule has 0 aliphatic carbocycles. The molecule has 1 saturated heterocycles. The molecule has 1 aliphatic rings. The van der Waals surface area contributed by atoms with Crippen LogP contribution in [0.4, 0.5) is 8.78 Å². The fourth-order valence-electron chi connectivity index (χ4n) is 3.00. The number of carbonyl (C=O) groups is 1. The van der Waals surface area contributed by atoms with Crippen LogP contribution in [0.5, 0.6) is 0 Å². The topological polar surface area (TPSA) is 68.2 Å². The molecule has 2 atom stereocenters. The van der Waals surface area contributed by atoms with Crippen LogP contribution < -0.4 is 0 Å².